The van der Waals surface area contributed by atoms with Crippen molar-refractivity contribution in [1.82, 2.24) is 0 Å². The van der Waals surface area contributed by atoms with E-state index in [9.17, 15) is 40.2 Å². The van der Waals surface area contributed by atoms with Crippen LogP contribution < -0.4 is 10.2 Å². The van der Waals surface area contributed by atoms with Crippen molar-refractivity contribution < 1.29 is 60.7 Å². The molecule has 0 unspecified atom stereocenters. The smallest absolute Gasteiger partial charge is 0.545 e. The van der Waals surface area contributed by atoms with Gasteiger partial charge < -0.3 is 40.2 Å². The van der Waals surface area contributed by atoms with E-state index in [2.05, 4.69) is 77.9 Å². The summed E-state index contributed by atoms with van der Waals surface area (Å²) in [5, 5.41) is 59.2. The number of unbranched alkanes of at least 4 members (excludes halogenated alkanes) is 6. The van der Waals surface area contributed by atoms with Crippen LogP contribution in [0.1, 0.15) is 224 Å². The number of carboxylic acids is 2. The van der Waals surface area contributed by atoms with Crippen LogP contribution in [0.2, 0.25) is 0 Å². The van der Waals surface area contributed by atoms with E-state index in [4.69, 9.17) is 9.98 Å². The number of phenolic OH excluding ortho intramolecular Hbond substituents is 2. The standard InChI is InChI=1S/C38H60N2.2C11H14O4.Pd/c1-7-13-19-31-25-27-35(29-33(31)21-15-9-3)39-37(23-17-11-5)38(24-18-12-6)40-36-28-26-32(20-14-8-2)34(30-36)22-16-10-4;2*1-3-6-5-8(12)10(13)9(11(14)15)7(6)4-2;/h25-30H,7-24H2,1-6H3;2*5,12-13H,3-4H2,1-2H3,(H,14,15);/q;;;+2/p-2. The maximum absolute atomic E-state index is 10.8. The number of rotatable bonds is 27. The molecule has 10 nitrogen and oxygen atoms in total. The monoisotopic (exact) mass is 1070 g/mol. The van der Waals surface area contributed by atoms with Gasteiger partial charge in [0, 0.05) is 11.1 Å². The fourth-order valence-corrected chi connectivity index (χ4v) is 8.70. The summed E-state index contributed by atoms with van der Waals surface area (Å²) < 4.78 is 0. The Morgan fingerprint density at radius 2 is 0.732 bits per heavy atom. The number of hydrogen-bond acceptors (Lipinski definition) is 10. The average molecular weight is 1070 g/mol. The van der Waals surface area contributed by atoms with Crippen LogP contribution in [0.25, 0.3) is 0 Å². The SMILES string of the molecule is CCCCC(=Nc1ccc(CCCC)c(CCCC)c1)C(CCCC)=Nc1ccc(CCCC)c(CCCC)c1.CCc1cc(O)c(O)c(C(=O)[O-])c1CC.CCc1cc(O)c(O)c(C(=O)[O-])c1CC.[Pd+2]. The predicted octanol–water partition coefficient (Wildman–Crippen LogP) is 13.5. The van der Waals surface area contributed by atoms with E-state index in [0.29, 0.717) is 47.9 Å². The minimum Gasteiger partial charge on any atom is -0.545 e. The van der Waals surface area contributed by atoms with E-state index in [0.717, 1.165) is 49.9 Å². The molecule has 4 aromatic carbocycles. The van der Waals surface area contributed by atoms with Gasteiger partial charge in [0.05, 0.1) is 34.7 Å². The molecule has 0 amide bonds. The minimum absolute atomic E-state index is 0. The van der Waals surface area contributed by atoms with Crippen molar-refractivity contribution in [3.63, 3.8) is 0 Å². The number of carbonyl (C=O) groups is 2. The summed E-state index contributed by atoms with van der Waals surface area (Å²) in [6, 6.07) is 16.8. The second kappa shape index (κ2) is 35.2. The Balaban J connectivity index is 0.000000660. The second-order valence-corrected chi connectivity index (χ2v) is 18.1. The summed E-state index contributed by atoms with van der Waals surface area (Å²) in [5.41, 5.74) is 12.5. The Morgan fingerprint density at radius 3 is 1.00 bits per heavy atom. The molecule has 0 radical (unpaired) electrons. The molecule has 4 rings (SSSR count). The van der Waals surface area contributed by atoms with Gasteiger partial charge in [0.15, 0.2) is 23.0 Å². The first kappa shape index (κ1) is 64.0. The predicted molar refractivity (Wildman–Crippen MR) is 286 cm³/mol. The average Bonchev–Trinajstić information content (AvgIpc) is 3.35. The van der Waals surface area contributed by atoms with Crippen molar-refractivity contribution >= 4 is 34.7 Å². The van der Waals surface area contributed by atoms with Crippen LogP contribution in [0.5, 0.6) is 23.0 Å². The number of hydrogen-bond donors (Lipinski definition) is 4. The van der Waals surface area contributed by atoms with Gasteiger partial charge in [-0.3, -0.25) is 9.98 Å². The van der Waals surface area contributed by atoms with Crippen molar-refractivity contribution in [2.45, 2.75) is 210 Å². The van der Waals surface area contributed by atoms with Gasteiger partial charge in [-0.15, -0.1) is 0 Å². The molecule has 0 fully saturated rings. The second-order valence-electron chi connectivity index (χ2n) is 18.1. The maximum Gasteiger partial charge on any atom is 2.00 e. The van der Waals surface area contributed by atoms with Gasteiger partial charge in [-0.1, -0.05) is 120 Å². The number of phenols is 4. The Labute approximate surface area is 440 Å². The summed E-state index contributed by atoms with van der Waals surface area (Å²) in [6.45, 7) is 21.0. The van der Waals surface area contributed by atoms with Crippen LogP contribution in [0.15, 0.2) is 58.5 Å². The zero-order chi connectivity index (χ0) is 52.2. The van der Waals surface area contributed by atoms with Gasteiger partial charge in [0.1, 0.15) is 0 Å². The molecular formula is C60H86N2O8Pd. The van der Waals surface area contributed by atoms with Crippen LogP contribution in [-0.4, -0.2) is 43.8 Å². The first-order valence-electron chi connectivity index (χ1n) is 26.6. The zero-order valence-corrected chi connectivity index (χ0v) is 46.4. The van der Waals surface area contributed by atoms with Gasteiger partial charge in [0.2, 0.25) is 0 Å². The van der Waals surface area contributed by atoms with Gasteiger partial charge >= 0.3 is 20.4 Å². The van der Waals surface area contributed by atoms with Crippen LogP contribution in [-0.2, 0) is 71.8 Å². The van der Waals surface area contributed by atoms with E-state index in [1.54, 1.807) is 13.8 Å². The molecular weight excluding hydrogens is 983 g/mol. The van der Waals surface area contributed by atoms with Crippen LogP contribution >= 0.6 is 0 Å². The molecule has 0 heterocycles. The van der Waals surface area contributed by atoms with Crippen molar-refractivity contribution in [3.05, 3.63) is 104 Å². The molecule has 4 N–H and O–H groups in total. The molecule has 0 aliphatic carbocycles. The molecule has 0 aliphatic heterocycles. The van der Waals surface area contributed by atoms with Gasteiger partial charge in [-0.2, -0.15) is 0 Å². The number of aromatic carboxylic acids is 2. The summed E-state index contributed by atoms with van der Waals surface area (Å²) >= 11 is 0. The molecule has 0 atom stereocenters. The van der Waals surface area contributed by atoms with Crippen molar-refractivity contribution in [2.75, 3.05) is 0 Å². The van der Waals surface area contributed by atoms with Crippen LogP contribution in [0, 0.1) is 0 Å². The topological polar surface area (TPSA) is 186 Å². The first-order chi connectivity index (χ1) is 33.6. The third kappa shape index (κ3) is 20.2. The number of nitrogens with zero attached hydrogens (tertiary/aromatic N) is 2. The fraction of sp³-hybridized carbons (Fsp3) is 0.533. The minimum atomic E-state index is -1.46. The van der Waals surface area contributed by atoms with Crippen molar-refractivity contribution in [2.24, 2.45) is 9.98 Å². The molecule has 394 valence electrons. The molecule has 0 aromatic heterocycles. The van der Waals surface area contributed by atoms with E-state index in [1.807, 2.05) is 13.8 Å². The molecule has 71 heavy (non-hydrogen) atoms. The molecule has 0 bridgehead atoms. The Hall–Kier alpha value is -4.98. The quantitative estimate of drug-likeness (QED) is 0.0258. The van der Waals surface area contributed by atoms with Crippen molar-refractivity contribution in [3.8, 4) is 23.0 Å². The Morgan fingerprint density at radius 1 is 0.423 bits per heavy atom. The summed E-state index contributed by atoms with van der Waals surface area (Å²) in [5.74, 6) is -4.97. The van der Waals surface area contributed by atoms with Crippen LogP contribution in [0.3, 0.4) is 0 Å². The molecule has 11 heteroatoms. The molecule has 4 aromatic rings. The zero-order valence-electron chi connectivity index (χ0n) is 44.8. The molecule has 0 saturated carbocycles. The number of carbonyl (C=O) groups excluding carboxylic acids is 2. The number of aryl methyl sites for hydroxylation is 6. The number of aromatic hydroxyl groups is 4. The van der Waals surface area contributed by atoms with E-state index in [-0.39, 0.29) is 31.5 Å². The van der Waals surface area contributed by atoms with Crippen molar-refractivity contribution in [1.29, 1.82) is 0 Å². The van der Waals surface area contributed by atoms with Crippen LogP contribution in [0.4, 0.5) is 11.4 Å². The third-order valence-corrected chi connectivity index (χ3v) is 12.8. The first-order valence-corrected chi connectivity index (χ1v) is 26.6. The Kier molecular flexibility index (Phi) is 31.7. The normalized spacial score (nSPS) is 11.3. The number of carboxylic acid groups (broad SMARTS) is 2. The summed E-state index contributed by atoms with van der Waals surface area (Å²) in [4.78, 5) is 32.4. The molecule has 0 saturated heterocycles. The van der Waals surface area contributed by atoms with Gasteiger partial charge in [-0.25, -0.2) is 0 Å². The summed E-state index contributed by atoms with van der Waals surface area (Å²) in [7, 11) is 0. The fourth-order valence-electron chi connectivity index (χ4n) is 8.70. The number of aliphatic imine (C=N–C) groups is 2. The molecule has 0 spiro atoms. The van der Waals surface area contributed by atoms with E-state index >= 15 is 0 Å². The Bertz CT molecular complexity index is 2160. The largest absolute Gasteiger partial charge is 2.00 e. The van der Waals surface area contributed by atoms with E-state index < -0.39 is 34.9 Å². The maximum atomic E-state index is 10.8. The van der Waals surface area contributed by atoms with E-state index in [1.165, 1.54) is 123 Å². The number of benzene rings is 4. The summed E-state index contributed by atoms with van der Waals surface area (Å²) in [6.07, 6.45) is 23.4. The third-order valence-electron chi connectivity index (χ3n) is 12.8. The van der Waals surface area contributed by atoms with Gasteiger partial charge in [0.25, 0.3) is 0 Å². The van der Waals surface area contributed by atoms with Gasteiger partial charge in [-0.05, 0) is 184 Å². The molecule has 0 aliphatic rings.